The van der Waals surface area contributed by atoms with Crippen molar-refractivity contribution in [3.63, 3.8) is 0 Å². The summed E-state index contributed by atoms with van der Waals surface area (Å²) in [5.41, 5.74) is 1.41. The van der Waals surface area contributed by atoms with Gasteiger partial charge in [0.25, 0.3) is 5.89 Å². The van der Waals surface area contributed by atoms with Crippen molar-refractivity contribution in [2.45, 2.75) is 17.8 Å². The smallest absolute Gasteiger partial charge is 0.268 e. The van der Waals surface area contributed by atoms with E-state index in [4.69, 9.17) is 4.52 Å². The van der Waals surface area contributed by atoms with Crippen LogP contribution < -0.4 is 5.32 Å². The molecule has 4 rings (SSSR count). The van der Waals surface area contributed by atoms with Crippen molar-refractivity contribution < 1.29 is 9.32 Å². The van der Waals surface area contributed by atoms with E-state index in [2.05, 4.69) is 31.0 Å². The fourth-order valence-corrected chi connectivity index (χ4v) is 3.67. The van der Waals surface area contributed by atoms with Gasteiger partial charge in [-0.15, -0.1) is 16.4 Å². The molecule has 0 spiro atoms. The standard InChI is InChI=1S/C16H13N7O2S2/c1-10(24)17-11-4-2-5-12(8-11)23-16(19-21-22-23)27-9-14-18-15(25-20-14)13-6-3-7-26-13/h2-8H,9H2,1H3,(H,17,24). The van der Waals surface area contributed by atoms with Gasteiger partial charge < -0.3 is 9.84 Å². The Morgan fingerprint density at radius 2 is 2.26 bits per heavy atom. The summed E-state index contributed by atoms with van der Waals surface area (Å²) in [6, 6.07) is 11.1. The number of rotatable bonds is 6. The van der Waals surface area contributed by atoms with Crippen molar-refractivity contribution in [3.05, 3.63) is 47.6 Å². The largest absolute Gasteiger partial charge is 0.333 e. The normalized spacial score (nSPS) is 10.9. The summed E-state index contributed by atoms with van der Waals surface area (Å²) >= 11 is 2.93. The van der Waals surface area contributed by atoms with Gasteiger partial charge in [0, 0.05) is 12.6 Å². The number of thiophene rings is 1. The van der Waals surface area contributed by atoms with Gasteiger partial charge in [0.05, 0.1) is 16.3 Å². The molecule has 0 saturated carbocycles. The van der Waals surface area contributed by atoms with Gasteiger partial charge in [-0.25, -0.2) is 0 Å². The van der Waals surface area contributed by atoms with Gasteiger partial charge in [-0.05, 0) is 40.1 Å². The van der Waals surface area contributed by atoms with E-state index in [1.54, 1.807) is 28.2 Å². The van der Waals surface area contributed by atoms with E-state index < -0.39 is 0 Å². The molecular weight excluding hydrogens is 386 g/mol. The number of hydrogen-bond donors (Lipinski definition) is 1. The Kier molecular flexibility index (Phi) is 4.94. The zero-order chi connectivity index (χ0) is 18.6. The number of nitrogens with one attached hydrogen (secondary N) is 1. The van der Waals surface area contributed by atoms with Crippen LogP contribution in [0, 0.1) is 0 Å². The second kappa shape index (κ2) is 7.68. The Labute approximate surface area is 161 Å². The molecule has 27 heavy (non-hydrogen) atoms. The molecule has 0 aliphatic rings. The molecule has 1 N–H and O–H groups in total. The first kappa shape index (κ1) is 17.4. The van der Waals surface area contributed by atoms with E-state index in [0.29, 0.717) is 28.3 Å². The molecule has 0 unspecified atom stereocenters. The van der Waals surface area contributed by atoms with E-state index in [1.807, 2.05) is 29.6 Å². The first-order valence-corrected chi connectivity index (χ1v) is 9.71. The fourth-order valence-electron chi connectivity index (χ4n) is 2.29. The van der Waals surface area contributed by atoms with Crippen molar-refractivity contribution in [1.29, 1.82) is 0 Å². The highest BCUT2D eigenvalue weighted by Crippen LogP contribution is 2.26. The Balaban J connectivity index is 1.49. The molecule has 1 aromatic carbocycles. The predicted molar refractivity (Wildman–Crippen MR) is 101 cm³/mol. The number of carbonyl (C=O) groups excluding carboxylic acids is 1. The number of thioether (sulfide) groups is 1. The summed E-state index contributed by atoms with van der Waals surface area (Å²) in [6.07, 6.45) is 0. The van der Waals surface area contributed by atoms with E-state index in [-0.39, 0.29) is 5.91 Å². The molecule has 0 atom stereocenters. The second-order valence-electron chi connectivity index (χ2n) is 5.39. The summed E-state index contributed by atoms with van der Waals surface area (Å²) in [6.45, 7) is 1.46. The van der Waals surface area contributed by atoms with Gasteiger partial charge in [0.15, 0.2) is 5.82 Å². The van der Waals surface area contributed by atoms with Crippen molar-refractivity contribution >= 4 is 34.7 Å². The van der Waals surface area contributed by atoms with Gasteiger partial charge in [-0.3, -0.25) is 4.79 Å². The minimum atomic E-state index is -0.142. The molecule has 1 amide bonds. The molecule has 136 valence electrons. The van der Waals surface area contributed by atoms with Gasteiger partial charge in [0.1, 0.15) is 0 Å². The van der Waals surface area contributed by atoms with Gasteiger partial charge in [0.2, 0.25) is 11.1 Å². The van der Waals surface area contributed by atoms with Crippen LogP contribution >= 0.6 is 23.1 Å². The molecule has 3 heterocycles. The highest BCUT2D eigenvalue weighted by molar-refractivity contribution is 7.98. The number of hydrogen-bond acceptors (Lipinski definition) is 9. The predicted octanol–water partition coefficient (Wildman–Crippen LogP) is 3.02. The molecule has 0 saturated heterocycles. The Morgan fingerprint density at radius 1 is 1.33 bits per heavy atom. The third-order valence-electron chi connectivity index (χ3n) is 3.38. The molecule has 4 aromatic rings. The van der Waals surface area contributed by atoms with Crippen LogP contribution in [0.1, 0.15) is 12.7 Å². The lowest BCUT2D eigenvalue weighted by atomic mass is 10.3. The van der Waals surface area contributed by atoms with Crippen LogP contribution in [-0.4, -0.2) is 36.3 Å². The number of benzene rings is 1. The van der Waals surface area contributed by atoms with Crippen LogP contribution in [0.3, 0.4) is 0 Å². The quantitative estimate of drug-likeness (QED) is 0.493. The number of carbonyl (C=O) groups is 1. The average Bonchev–Trinajstić information content (AvgIpc) is 3.39. The van der Waals surface area contributed by atoms with Crippen LogP contribution in [0.25, 0.3) is 16.5 Å². The zero-order valence-corrected chi connectivity index (χ0v) is 15.7. The number of anilines is 1. The van der Waals surface area contributed by atoms with Gasteiger partial charge in [-0.2, -0.15) is 9.67 Å². The molecule has 0 bridgehead atoms. The maximum absolute atomic E-state index is 11.2. The van der Waals surface area contributed by atoms with Gasteiger partial charge in [-0.1, -0.05) is 29.1 Å². The van der Waals surface area contributed by atoms with E-state index >= 15 is 0 Å². The fraction of sp³-hybridized carbons (Fsp3) is 0.125. The molecule has 0 fully saturated rings. The van der Waals surface area contributed by atoms with Crippen LogP contribution in [0.2, 0.25) is 0 Å². The average molecular weight is 399 g/mol. The van der Waals surface area contributed by atoms with E-state index in [9.17, 15) is 4.79 Å². The number of aromatic nitrogens is 6. The lowest BCUT2D eigenvalue weighted by Crippen LogP contribution is -2.07. The van der Waals surface area contributed by atoms with Crippen molar-refractivity contribution in [1.82, 2.24) is 30.3 Å². The molecule has 11 heteroatoms. The van der Waals surface area contributed by atoms with Crippen LogP contribution in [0.5, 0.6) is 0 Å². The lowest BCUT2D eigenvalue weighted by molar-refractivity contribution is -0.114. The van der Waals surface area contributed by atoms with Gasteiger partial charge >= 0.3 is 0 Å². The molecular formula is C16H13N7O2S2. The summed E-state index contributed by atoms with van der Waals surface area (Å²) < 4.78 is 6.88. The van der Waals surface area contributed by atoms with Crippen LogP contribution in [0.4, 0.5) is 5.69 Å². The first-order chi connectivity index (χ1) is 13.2. The molecule has 0 aliphatic carbocycles. The Morgan fingerprint density at radius 3 is 3.07 bits per heavy atom. The number of amides is 1. The lowest BCUT2D eigenvalue weighted by Gasteiger charge is -2.06. The van der Waals surface area contributed by atoms with Crippen molar-refractivity contribution in [2.75, 3.05) is 5.32 Å². The highest BCUT2D eigenvalue weighted by Gasteiger charge is 2.14. The molecule has 3 aromatic heterocycles. The Hall–Kier alpha value is -3.05. The topological polar surface area (TPSA) is 112 Å². The van der Waals surface area contributed by atoms with Crippen molar-refractivity contribution in [2.24, 2.45) is 0 Å². The molecule has 0 radical (unpaired) electrons. The number of nitrogens with zero attached hydrogens (tertiary/aromatic N) is 6. The monoisotopic (exact) mass is 399 g/mol. The van der Waals surface area contributed by atoms with E-state index in [1.165, 1.54) is 18.7 Å². The third kappa shape index (κ3) is 4.04. The van der Waals surface area contributed by atoms with Crippen LogP contribution in [0.15, 0.2) is 51.5 Å². The summed E-state index contributed by atoms with van der Waals surface area (Å²) in [5.74, 6) is 1.38. The molecule has 0 aliphatic heterocycles. The minimum absolute atomic E-state index is 0.142. The zero-order valence-electron chi connectivity index (χ0n) is 14.1. The minimum Gasteiger partial charge on any atom is -0.333 e. The number of tetrazole rings is 1. The summed E-state index contributed by atoms with van der Waals surface area (Å²) in [7, 11) is 0. The van der Waals surface area contributed by atoms with Crippen molar-refractivity contribution in [3.8, 4) is 16.5 Å². The molecule has 9 nitrogen and oxygen atoms in total. The highest BCUT2D eigenvalue weighted by atomic mass is 32.2. The SMILES string of the molecule is CC(=O)Nc1cccc(-n2nnnc2SCc2noc(-c3cccs3)n2)c1. The first-order valence-electron chi connectivity index (χ1n) is 7.85. The summed E-state index contributed by atoms with van der Waals surface area (Å²) in [5, 5.41) is 21.1. The third-order valence-corrected chi connectivity index (χ3v) is 5.16. The maximum atomic E-state index is 11.2. The van der Waals surface area contributed by atoms with Crippen LogP contribution in [-0.2, 0) is 10.5 Å². The Bertz CT molecular complexity index is 1060. The van der Waals surface area contributed by atoms with E-state index in [0.717, 1.165) is 10.6 Å². The maximum Gasteiger partial charge on any atom is 0.268 e. The summed E-state index contributed by atoms with van der Waals surface area (Å²) in [4.78, 5) is 16.6. The second-order valence-corrected chi connectivity index (χ2v) is 7.28.